The van der Waals surface area contributed by atoms with Crippen molar-refractivity contribution in [2.75, 3.05) is 17.7 Å². The fourth-order valence-electron chi connectivity index (χ4n) is 4.11. The molecule has 0 spiro atoms. The maximum Gasteiger partial charge on any atom is 0.265 e. The predicted molar refractivity (Wildman–Crippen MR) is 135 cm³/mol. The van der Waals surface area contributed by atoms with E-state index in [-0.39, 0.29) is 6.61 Å². The molecule has 35 heavy (non-hydrogen) atoms. The highest BCUT2D eigenvalue weighted by Crippen LogP contribution is 2.34. The van der Waals surface area contributed by atoms with Crippen molar-refractivity contribution in [1.82, 2.24) is 4.72 Å². The molecule has 4 rings (SSSR count). The topological polar surface area (TPSA) is 75.7 Å². The van der Waals surface area contributed by atoms with Crippen LogP contribution in [0.25, 0.3) is 0 Å². The Balaban J connectivity index is 1.59. The first kappa shape index (κ1) is 25.3. The van der Waals surface area contributed by atoms with Gasteiger partial charge in [-0.15, -0.1) is 0 Å². The zero-order valence-electron chi connectivity index (χ0n) is 18.9. The number of hydrogen-bond acceptors (Lipinski definition) is 5. The summed E-state index contributed by atoms with van der Waals surface area (Å²) in [5.74, 6) is -0.539. The van der Waals surface area contributed by atoms with E-state index >= 15 is 0 Å². The van der Waals surface area contributed by atoms with Gasteiger partial charge in [0.15, 0.2) is 0 Å². The van der Waals surface area contributed by atoms with Crippen LogP contribution in [0.1, 0.15) is 33.5 Å². The van der Waals surface area contributed by atoms with Crippen molar-refractivity contribution < 1.29 is 22.3 Å². The first-order chi connectivity index (χ1) is 16.6. The molecule has 0 radical (unpaired) electrons. The van der Waals surface area contributed by atoms with E-state index in [1.807, 2.05) is 10.8 Å². The fourth-order valence-corrected chi connectivity index (χ4v) is 4.91. The van der Waals surface area contributed by atoms with Gasteiger partial charge in [-0.1, -0.05) is 35.3 Å². The average Bonchev–Trinajstić information content (AvgIpc) is 2.78. The van der Waals surface area contributed by atoms with Gasteiger partial charge in [0.1, 0.15) is 18.2 Å². The van der Waals surface area contributed by atoms with Crippen molar-refractivity contribution >= 4 is 44.8 Å². The minimum absolute atomic E-state index is 0.0179. The van der Waals surface area contributed by atoms with E-state index in [0.717, 1.165) is 36.0 Å². The summed E-state index contributed by atoms with van der Waals surface area (Å²) in [6.45, 7) is 1.18. The summed E-state index contributed by atoms with van der Waals surface area (Å²) in [6.07, 6.45) is 2.38. The molecule has 3 aromatic carbocycles. The molecule has 0 saturated heterocycles. The second-order valence-electron chi connectivity index (χ2n) is 8.31. The molecular formula is C25H23Cl2FN2O4S. The Morgan fingerprint density at radius 2 is 1.83 bits per heavy atom. The minimum Gasteiger partial charge on any atom is -0.488 e. The molecule has 1 heterocycles. The number of amides is 1. The summed E-state index contributed by atoms with van der Waals surface area (Å²) in [5.41, 5.74) is 3.13. The van der Waals surface area contributed by atoms with E-state index in [1.54, 1.807) is 42.5 Å². The molecule has 0 aliphatic carbocycles. The van der Waals surface area contributed by atoms with Crippen LogP contribution in [0.2, 0.25) is 10.0 Å². The average molecular weight is 537 g/mol. The van der Waals surface area contributed by atoms with Gasteiger partial charge in [-0.3, -0.25) is 4.79 Å². The number of fused-ring (bicyclic) bond motifs is 1. The summed E-state index contributed by atoms with van der Waals surface area (Å²) in [4.78, 5) is 14.7. The largest absolute Gasteiger partial charge is 0.488 e. The van der Waals surface area contributed by atoms with Crippen LogP contribution in [0, 0.1) is 5.82 Å². The zero-order valence-corrected chi connectivity index (χ0v) is 21.2. The lowest BCUT2D eigenvalue weighted by atomic mass is 9.95. The van der Waals surface area contributed by atoms with Crippen LogP contribution in [0.15, 0.2) is 54.6 Å². The number of rotatable bonds is 7. The van der Waals surface area contributed by atoms with E-state index in [1.165, 1.54) is 6.07 Å². The van der Waals surface area contributed by atoms with E-state index < -0.39 is 21.7 Å². The summed E-state index contributed by atoms with van der Waals surface area (Å²) in [7, 11) is -3.68. The second kappa shape index (κ2) is 10.4. The molecule has 1 amide bonds. The maximum atomic E-state index is 14.2. The SMILES string of the molecule is CS(=O)(=O)NC(=O)c1cccc2c1CCCN2Cc1cc(Cl)ccc1OCc1ccc(Cl)cc1F. The molecule has 0 atom stereocenters. The monoisotopic (exact) mass is 536 g/mol. The van der Waals surface area contributed by atoms with E-state index in [2.05, 4.69) is 4.90 Å². The van der Waals surface area contributed by atoms with Gasteiger partial charge in [0.05, 0.1) is 6.26 Å². The highest BCUT2D eigenvalue weighted by Gasteiger charge is 2.24. The van der Waals surface area contributed by atoms with Crippen molar-refractivity contribution in [3.63, 3.8) is 0 Å². The zero-order chi connectivity index (χ0) is 25.2. The number of halogens is 3. The van der Waals surface area contributed by atoms with Gasteiger partial charge in [-0.2, -0.15) is 0 Å². The Morgan fingerprint density at radius 3 is 2.57 bits per heavy atom. The van der Waals surface area contributed by atoms with Gasteiger partial charge in [0.2, 0.25) is 10.0 Å². The number of carbonyl (C=O) groups excluding carboxylic acids is 1. The van der Waals surface area contributed by atoms with Crippen molar-refractivity contribution in [3.8, 4) is 5.75 Å². The molecule has 1 aliphatic heterocycles. The van der Waals surface area contributed by atoms with E-state index in [9.17, 15) is 17.6 Å². The van der Waals surface area contributed by atoms with Crippen LogP contribution in [-0.4, -0.2) is 27.1 Å². The molecule has 3 aromatic rings. The second-order valence-corrected chi connectivity index (χ2v) is 10.9. The lowest BCUT2D eigenvalue weighted by molar-refractivity contribution is 0.0980. The van der Waals surface area contributed by atoms with Gasteiger partial charge in [-0.05, 0) is 60.9 Å². The quantitative estimate of drug-likeness (QED) is 0.440. The smallest absolute Gasteiger partial charge is 0.265 e. The molecule has 6 nitrogen and oxygen atoms in total. The molecular weight excluding hydrogens is 514 g/mol. The molecule has 0 unspecified atom stereocenters. The van der Waals surface area contributed by atoms with Gasteiger partial charge in [0.25, 0.3) is 5.91 Å². The molecule has 1 N–H and O–H groups in total. The van der Waals surface area contributed by atoms with Crippen LogP contribution >= 0.6 is 23.2 Å². The number of benzene rings is 3. The van der Waals surface area contributed by atoms with Gasteiger partial charge in [-0.25, -0.2) is 17.5 Å². The predicted octanol–water partition coefficient (Wildman–Crippen LogP) is 5.35. The Hall–Kier alpha value is -2.81. The molecule has 184 valence electrons. The lowest BCUT2D eigenvalue weighted by Crippen LogP contribution is -2.33. The van der Waals surface area contributed by atoms with Gasteiger partial charge < -0.3 is 9.64 Å². The summed E-state index contributed by atoms with van der Waals surface area (Å²) < 4.78 is 45.3. The number of hydrogen-bond donors (Lipinski definition) is 1. The third kappa shape index (κ3) is 6.25. The number of nitrogens with zero attached hydrogens (tertiary/aromatic N) is 1. The number of ether oxygens (including phenoxy) is 1. The van der Waals surface area contributed by atoms with Gasteiger partial charge >= 0.3 is 0 Å². The van der Waals surface area contributed by atoms with Crippen LogP contribution in [0.5, 0.6) is 5.75 Å². The Morgan fingerprint density at radius 1 is 1.09 bits per heavy atom. The molecule has 0 aromatic heterocycles. The third-order valence-corrected chi connectivity index (χ3v) is 6.68. The summed E-state index contributed by atoms with van der Waals surface area (Å²) >= 11 is 12.1. The molecule has 0 fully saturated rings. The van der Waals surface area contributed by atoms with E-state index in [4.69, 9.17) is 27.9 Å². The van der Waals surface area contributed by atoms with Crippen molar-refractivity contribution in [3.05, 3.63) is 92.7 Å². The third-order valence-electron chi connectivity index (χ3n) is 5.65. The lowest BCUT2D eigenvalue weighted by Gasteiger charge is -2.33. The fraction of sp³-hybridized carbons (Fsp3) is 0.240. The number of anilines is 1. The minimum atomic E-state index is -3.68. The first-order valence-corrected chi connectivity index (χ1v) is 13.5. The Kier molecular flexibility index (Phi) is 7.54. The van der Waals surface area contributed by atoms with Crippen LogP contribution in [0.3, 0.4) is 0 Å². The van der Waals surface area contributed by atoms with Crippen molar-refractivity contribution in [2.45, 2.75) is 26.0 Å². The van der Waals surface area contributed by atoms with Crippen LogP contribution in [-0.2, 0) is 29.6 Å². The number of carbonyl (C=O) groups is 1. The van der Waals surface area contributed by atoms with Gasteiger partial charge in [0, 0.05) is 45.5 Å². The highest BCUT2D eigenvalue weighted by atomic mass is 35.5. The van der Waals surface area contributed by atoms with Crippen molar-refractivity contribution in [2.24, 2.45) is 0 Å². The summed E-state index contributed by atoms with van der Waals surface area (Å²) in [6, 6.07) is 14.9. The normalized spacial score (nSPS) is 13.3. The van der Waals surface area contributed by atoms with Crippen LogP contribution in [0.4, 0.5) is 10.1 Å². The standard InChI is InChI=1S/C25H23Cl2FN2O4S/c1-35(32,33)29-25(31)21-4-2-6-23-20(21)5-3-11-30(23)14-17-12-18(26)9-10-24(17)34-15-16-7-8-19(27)13-22(16)28/h2,4,6-10,12-13H,3,5,11,14-15H2,1H3,(H,29,31). The molecule has 0 bridgehead atoms. The maximum absolute atomic E-state index is 14.2. The Labute approximate surface area is 213 Å². The van der Waals surface area contributed by atoms with Crippen molar-refractivity contribution in [1.29, 1.82) is 0 Å². The first-order valence-electron chi connectivity index (χ1n) is 10.8. The number of nitrogens with one attached hydrogen (secondary N) is 1. The van der Waals surface area contributed by atoms with Crippen LogP contribution < -0.4 is 14.4 Å². The highest BCUT2D eigenvalue weighted by molar-refractivity contribution is 7.89. The Bertz CT molecular complexity index is 1380. The van der Waals surface area contributed by atoms with E-state index in [0.29, 0.717) is 39.9 Å². The molecule has 1 aliphatic rings. The number of sulfonamides is 1. The molecule has 10 heteroatoms. The molecule has 0 saturated carbocycles. The summed E-state index contributed by atoms with van der Waals surface area (Å²) in [5, 5.41) is 0.843.